The van der Waals surface area contributed by atoms with Crippen molar-refractivity contribution in [3.63, 3.8) is 0 Å². The summed E-state index contributed by atoms with van der Waals surface area (Å²) in [5, 5.41) is 0. The van der Waals surface area contributed by atoms with Gasteiger partial charge in [-0.05, 0) is 55.5 Å². The van der Waals surface area contributed by atoms with Gasteiger partial charge in [-0.3, -0.25) is 0 Å². The van der Waals surface area contributed by atoms with Gasteiger partial charge in [0.05, 0.1) is 11.0 Å². The molecule has 0 saturated heterocycles. The number of nitrogen functional groups attached to an aromatic ring is 1. The van der Waals surface area contributed by atoms with Crippen molar-refractivity contribution in [3.05, 3.63) is 59.4 Å². The quantitative estimate of drug-likeness (QED) is 0.690. The molecule has 2 aromatic carbocycles. The molecule has 1 aromatic heterocycles. The molecular weight excluding hydrogens is 258 g/mol. The molecule has 3 nitrogen and oxygen atoms in total. The maximum Gasteiger partial charge on any atom is 0.106 e. The third kappa shape index (κ3) is 2.00. The highest BCUT2D eigenvalue weighted by Crippen LogP contribution is 2.32. The molecule has 1 aliphatic carbocycles. The predicted molar refractivity (Wildman–Crippen MR) is 86.4 cm³/mol. The van der Waals surface area contributed by atoms with Crippen molar-refractivity contribution in [2.45, 2.75) is 32.2 Å². The summed E-state index contributed by atoms with van der Waals surface area (Å²) >= 11 is 0. The Balaban J connectivity index is 1.79. The van der Waals surface area contributed by atoms with E-state index in [0.717, 1.165) is 29.9 Å². The van der Waals surface area contributed by atoms with Crippen LogP contribution in [0.4, 0.5) is 5.69 Å². The van der Waals surface area contributed by atoms with E-state index in [0.29, 0.717) is 6.04 Å². The number of benzene rings is 2. The molecule has 1 aliphatic rings. The number of aryl methyl sites for hydroxylation is 2. The van der Waals surface area contributed by atoms with Crippen LogP contribution in [0, 0.1) is 6.92 Å². The van der Waals surface area contributed by atoms with Gasteiger partial charge in [-0.25, -0.2) is 4.98 Å². The van der Waals surface area contributed by atoms with Crippen molar-refractivity contribution >= 4 is 16.7 Å². The van der Waals surface area contributed by atoms with E-state index in [9.17, 15) is 0 Å². The maximum absolute atomic E-state index is 5.88. The molecule has 4 rings (SSSR count). The van der Waals surface area contributed by atoms with E-state index in [1.807, 2.05) is 12.1 Å². The summed E-state index contributed by atoms with van der Waals surface area (Å²) in [7, 11) is 0. The Morgan fingerprint density at radius 3 is 2.81 bits per heavy atom. The molecule has 1 heterocycles. The lowest BCUT2D eigenvalue weighted by Crippen LogP contribution is -2.19. The van der Waals surface area contributed by atoms with Gasteiger partial charge in [0, 0.05) is 11.7 Å². The lowest BCUT2D eigenvalue weighted by Gasteiger charge is -2.27. The smallest absolute Gasteiger partial charge is 0.106 e. The first kappa shape index (κ1) is 12.5. The van der Waals surface area contributed by atoms with Gasteiger partial charge >= 0.3 is 0 Å². The summed E-state index contributed by atoms with van der Waals surface area (Å²) in [6.07, 6.45) is 3.41. The number of aromatic nitrogens is 2. The largest absolute Gasteiger partial charge is 0.399 e. The zero-order valence-corrected chi connectivity index (χ0v) is 12.2. The number of rotatable bonds is 1. The Morgan fingerprint density at radius 1 is 1.14 bits per heavy atom. The van der Waals surface area contributed by atoms with Crippen LogP contribution in [0.5, 0.6) is 0 Å². The van der Waals surface area contributed by atoms with Crippen LogP contribution < -0.4 is 5.73 Å². The van der Waals surface area contributed by atoms with Gasteiger partial charge in [0.1, 0.15) is 5.82 Å². The Kier molecular flexibility index (Phi) is 2.74. The average Bonchev–Trinajstić information content (AvgIpc) is 2.81. The lowest BCUT2D eigenvalue weighted by molar-refractivity contribution is 0.444. The van der Waals surface area contributed by atoms with Crippen LogP contribution in [-0.4, -0.2) is 9.55 Å². The fourth-order valence-electron chi connectivity index (χ4n) is 3.60. The summed E-state index contributed by atoms with van der Waals surface area (Å²) in [5.74, 6) is 1.08. The summed E-state index contributed by atoms with van der Waals surface area (Å²) in [4.78, 5) is 4.69. The van der Waals surface area contributed by atoms with E-state index < -0.39 is 0 Å². The third-order valence-electron chi connectivity index (χ3n) is 4.58. The fraction of sp³-hybridized carbons (Fsp3) is 0.278. The number of fused-ring (bicyclic) bond motifs is 2. The van der Waals surface area contributed by atoms with E-state index >= 15 is 0 Å². The van der Waals surface area contributed by atoms with Crippen LogP contribution in [0.2, 0.25) is 0 Å². The zero-order chi connectivity index (χ0) is 14.4. The molecule has 0 aliphatic heterocycles. The summed E-state index contributed by atoms with van der Waals surface area (Å²) < 4.78 is 2.39. The Bertz CT molecular complexity index is 816. The molecule has 0 amide bonds. The molecule has 3 aromatic rings. The minimum Gasteiger partial charge on any atom is -0.399 e. The normalized spacial score (nSPS) is 17.9. The second-order valence-corrected chi connectivity index (χ2v) is 5.94. The molecule has 0 spiro atoms. The van der Waals surface area contributed by atoms with Gasteiger partial charge in [0.2, 0.25) is 0 Å². The molecule has 106 valence electrons. The monoisotopic (exact) mass is 277 g/mol. The van der Waals surface area contributed by atoms with Crippen LogP contribution in [0.25, 0.3) is 11.0 Å². The minimum absolute atomic E-state index is 0.494. The van der Waals surface area contributed by atoms with Crippen molar-refractivity contribution in [2.24, 2.45) is 0 Å². The topological polar surface area (TPSA) is 43.8 Å². The van der Waals surface area contributed by atoms with Crippen molar-refractivity contribution in [1.29, 1.82) is 0 Å². The molecule has 2 N–H and O–H groups in total. The van der Waals surface area contributed by atoms with E-state index in [2.05, 4.69) is 46.8 Å². The van der Waals surface area contributed by atoms with E-state index in [4.69, 9.17) is 5.73 Å². The molecule has 1 atom stereocenters. The van der Waals surface area contributed by atoms with E-state index in [1.54, 1.807) is 0 Å². The third-order valence-corrected chi connectivity index (χ3v) is 4.58. The maximum atomic E-state index is 5.88. The Hall–Kier alpha value is -2.29. The lowest BCUT2D eigenvalue weighted by atomic mass is 9.88. The number of hydrogen-bond donors (Lipinski definition) is 1. The van der Waals surface area contributed by atoms with Crippen molar-refractivity contribution in [2.75, 3.05) is 5.73 Å². The highest BCUT2D eigenvalue weighted by molar-refractivity contribution is 5.79. The first-order chi connectivity index (χ1) is 10.2. The molecule has 0 bridgehead atoms. The van der Waals surface area contributed by atoms with Gasteiger partial charge in [0.15, 0.2) is 0 Å². The highest BCUT2D eigenvalue weighted by atomic mass is 15.1. The summed E-state index contributed by atoms with van der Waals surface area (Å²) in [6, 6.07) is 15.3. The number of anilines is 1. The average molecular weight is 277 g/mol. The van der Waals surface area contributed by atoms with Gasteiger partial charge in [-0.15, -0.1) is 0 Å². The highest BCUT2D eigenvalue weighted by Gasteiger charge is 2.22. The van der Waals surface area contributed by atoms with E-state index in [1.165, 1.54) is 23.1 Å². The van der Waals surface area contributed by atoms with Crippen LogP contribution in [0.15, 0.2) is 42.5 Å². The number of nitrogens with zero attached hydrogens (tertiary/aromatic N) is 2. The van der Waals surface area contributed by atoms with Crippen molar-refractivity contribution < 1.29 is 0 Å². The van der Waals surface area contributed by atoms with Gasteiger partial charge in [-0.2, -0.15) is 0 Å². The molecular formula is C18H19N3. The van der Waals surface area contributed by atoms with Gasteiger partial charge < -0.3 is 10.3 Å². The molecule has 0 radical (unpaired) electrons. The van der Waals surface area contributed by atoms with Crippen LogP contribution in [0.3, 0.4) is 0 Å². The number of nitrogens with two attached hydrogens (primary N) is 1. The first-order valence-corrected chi connectivity index (χ1v) is 7.53. The second kappa shape index (κ2) is 4.62. The SMILES string of the molecule is Cc1nc2cc(N)ccc2n1C1CCc2ccccc2C1. The zero-order valence-electron chi connectivity index (χ0n) is 12.2. The second-order valence-electron chi connectivity index (χ2n) is 5.94. The summed E-state index contributed by atoms with van der Waals surface area (Å²) in [6.45, 7) is 2.09. The molecule has 0 fully saturated rings. The van der Waals surface area contributed by atoms with Crippen molar-refractivity contribution in [3.8, 4) is 0 Å². The predicted octanol–water partition coefficient (Wildman–Crippen LogP) is 3.66. The molecule has 21 heavy (non-hydrogen) atoms. The Labute approximate surface area is 124 Å². The molecule has 1 unspecified atom stereocenters. The van der Waals surface area contributed by atoms with Gasteiger partial charge in [0.25, 0.3) is 0 Å². The Morgan fingerprint density at radius 2 is 1.95 bits per heavy atom. The van der Waals surface area contributed by atoms with E-state index in [-0.39, 0.29) is 0 Å². The van der Waals surface area contributed by atoms with Crippen LogP contribution >= 0.6 is 0 Å². The minimum atomic E-state index is 0.494. The van der Waals surface area contributed by atoms with Gasteiger partial charge in [-0.1, -0.05) is 24.3 Å². The molecule has 3 heteroatoms. The first-order valence-electron chi connectivity index (χ1n) is 7.53. The standard InChI is InChI=1S/C18H19N3/c1-12-20-17-11-15(19)7-9-18(17)21(12)16-8-6-13-4-2-3-5-14(13)10-16/h2-5,7,9,11,16H,6,8,10,19H2,1H3. The van der Waals surface area contributed by atoms with Crippen LogP contribution in [-0.2, 0) is 12.8 Å². The van der Waals surface area contributed by atoms with Crippen molar-refractivity contribution in [1.82, 2.24) is 9.55 Å². The molecule has 0 saturated carbocycles. The fourth-order valence-corrected chi connectivity index (χ4v) is 3.60. The summed E-state index contributed by atoms with van der Waals surface area (Å²) in [5.41, 5.74) is 11.8. The number of hydrogen-bond acceptors (Lipinski definition) is 2. The number of imidazole rings is 1. The van der Waals surface area contributed by atoms with Crippen LogP contribution in [0.1, 0.15) is 29.4 Å².